The Morgan fingerprint density at radius 2 is 1.97 bits per heavy atom. The molecule has 4 N–H and O–H groups in total. The molecule has 1 aliphatic carbocycles. The number of nitrogens with zero attached hydrogens (tertiary/aromatic N) is 2. The number of aromatic amines is 2. The van der Waals surface area contributed by atoms with Crippen molar-refractivity contribution in [3.63, 3.8) is 0 Å². The van der Waals surface area contributed by atoms with Crippen LogP contribution < -0.4 is 14.8 Å². The Morgan fingerprint density at radius 1 is 1.27 bits per heavy atom. The molecule has 1 atom stereocenters. The third-order valence-corrected chi connectivity index (χ3v) is 5.80. The zero-order valence-electron chi connectivity index (χ0n) is 18.1. The lowest BCUT2D eigenvalue weighted by molar-refractivity contribution is -0.111. The highest BCUT2D eigenvalue weighted by Gasteiger charge is 2.41. The van der Waals surface area contributed by atoms with E-state index < -0.39 is 28.7 Å². The van der Waals surface area contributed by atoms with Crippen molar-refractivity contribution in [2.45, 2.75) is 31.3 Å². The van der Waals surface area contributed by atoms with Crippen LogP contribution in [0.1, 0.15) is 29.7 Å². The van der Waals surface area contributed by atoms with Crippen molar-refractivity contribution in [3.8, 4) is 22.9 Å². The molecule has 0 spiro atoms. The summed E-state index contributed by atoms with van der Waals surface area (Å²) in [7, 11) is 2.51. The number of hydrogen-bond acceptors (Lipinski definition) is 6. The molecule has 0 saturated carbocycles. The summed E-state index contributed by atoms with van der Waals surface area (Å²) < 4.78 is 40.4. The number of aliphatic hydroxyl groups is 1. The summed E-state index contributed by atoms with van der Waals surface area (Å²) in [6, 6.07) is 1.10. The van der Waals surface area contributed by atoms with Gasteiger partial charge in [0.2, 0.25) is 5.91 Å². The van der Waals surface area contributed by atoms with E-state index in [0.717, 1.165) is 17.7 Å². The van der Waals surface area contributed by atoms with E-state index in [1.54, 1.807) is 0 Å². The van der Waals surface area contributed by atoms with Crippen molar-refractivity contribution in [3.05, 3.63) is 53.4 Å². The van der Waals surface area contributed by atoms with Gasteiger partial charge >= 0.3 is 0 Å². The molecule has 0 fully saturated rings. The summed E-state index contributed by atoms with van der Waals surface area (Å²) in [5.74, 6) is -2.83. The number of aromatic nitrogens is 4. The maximum Gasteiger partial charge on any atom is 0.247 e. The second-order valence-corrected chi connectivity index (χ2v) is 7.73. The number of nitrogens with one attached hydrogen (secondary N) is 3. The Bertz CT molecular complexity index is 1190. The predicted octanol–water partition coefficient (Wildman–Crippen LogP) is 2.99. The first kappa shape index (κ1) is 22.5. The number of hydrogen-bond donors (Lipinski definition) is 4. The summed E-state index contributed by atoms with van der Waals surface area (Å²) >= 11 is 0. The average molecular weight is 459 g/mol. The molecule has 1 aromatic carbocycles. The van der Waals surface area contributed by atoms with Crippen LogP contribution in [0.15, 0.2) is 24.9 Å². The second kappa shape index (κ2) is 8.66. The quantitative estimate of drug-likeness (QED) is 0.332. The van der Waals surface area contributed by atoms with Gasteiger partial charge in [0, 0.05) is 23.7 Å². The van der Waals surface area contributed by atoms with Gasteiger partial charge in [0.05, 0.1) is 31.7 Å². The molecule has 33 heavy (non-hydrogen) atoms. The summed E-state index contributed by atoms with van der Waals surface area (Å²) in [4.78, 5) is 11.7. The van der Waals surface area contributed by atoms with Gasteiger partial charge in [-0.1, -0.05) is 6.58 Å². The van der Waals surface area contributed by atoms with Crippen molar-refractivity contribution in [1.29, 1.82) is 0 Å². The fourth-order valence-electron chi connectivity index (χ4n) is 4.21. The van der Waals surface area contributed by atoms with Crippen molar-refractivity contribution in [1.82, 2.24) is 20.4 Å². The maximum absolute atomic E-state index is 15.2. The summed E-state index contributed by atoms with van der Waals surface area (Å²) in [6.07, 6.45) is 3.42. The minimum atomic E-state index is -1.88. The van der Waals surface area contributed by atoms with Crippen molar-refractivity contribution < 1.29 is 28.2 Å². The zero-order chi connectivity index (χ0) is 23.8. The first-order valence-electron chi connectivity index (χ1n) is 10.2. The van der Waals surface area contributed by atoms with Gasteiger partial charge in [-0.2, -0.15) is 10.2 Å². The topological polar surface area (TPSA) is 125 Å². The Hall–Kier alpha value is -3.73. The van der Waals surface area contributed by atoms with Crippen LogP contribution >= 0.6 is 0 Å². The van der Waals surface area contributed by atoms with Crippen LogP contribution in [0.4, 0.5) is 14.5 Å². The molecule has 11 heteroatoms. The van der Waals surface area contributed by atoms with Crippen LogP contribution in [0.25, 0.3) is 11.4 Å². The molecule has 4 rings (SSSR count). The molecule has 0 radical (unpaired) electrons. The Kier molecular flexibility index (Phi) is 5.90. The van der Waals surface area contributed by atoms with Crippen LogP contribution in [0.5, 0.6) is 11.5 Å². The molecule has 3 aromatic rings. The molecule has 2 heterocycles. The molecule has 0 aliphatic heterocycles. The van der Waals surface area contributed by atoms with Gasteiger partial charge in [-0.3, -0.25) is 15.0 Å². The number of H-pyrrole nitrogens is 2. The van der Waals surface area contributed by atoms with Gasteiger partial charge in [0.25, 0.3) is 0 Å². The van der Waals surface area contributed by atoms with Crippen molar-refractivity contribution in [2.75, 3.05) is 19.5 Å². The van der Waals surface area contributed by atoms with Gasteiger partial charge in [-0.05, 0) is 25.3 Å². The Balaban J connectivity index is 1.77. The van der Waals surface area contributed by atoms with E-state index in [4.69, 9.17) is 9.47 Å². The molecule has 0 bridgehead atoms. The van der Waals surface area contributed by atoms with E-state index in [1.807, 2.05) is 0 Å². The third kappa shape index (κ3) is 3.84. The monoisotopic (exact) mass is 459 g/mol. The molecule has 1 amide bonds. The normalized spacial score (nSPS) is 17.7. The van der Waals surface area contributed by atoms with Gasteiger partial charge in [0.1, 0.15) is 17.0 Å². The lowest BCUT2D eigenvalue weighted by atomic mass is 9.85. The molecule has 9 nitrogen and oxygen atoms in total. The molecule has 174 valence electrons. The van der Waals surface area contributed by atoms with Crippen LogP contribution in [-0.4, -0.2) is 45.6 Å². The highest BCUT2D eigenvalue weighted by molar-refractivity contribution is 6.01. The first-order chi connectivity index (χ1) is 15.8. The first-order valence-corrected chi connectivity index (χ1v) is 10.2. The van der Waals surface area contributed by atoms with E-state index in [2.05, 4.69) is 32.3 Å². The fraction of sp³-hybridized carbons (Fsp3) is 0.318. The number of carbonyl (C=O) groups excluding carboxylic acids is 1. The van der Waals surface area contributed by atoms with Gasteiger partial charge in [0.15, 0.2) is 23.1 Å². The largest absolute Gasteiger partial charge is 0.494 e. The Morgan fingerprint density at radius 3 is 2.61 bits per heavy atom. The minimum Gasteiger partial charge on any atom is -0.494 e. The number of amides is 1. The Labute approximate surface area is 187 Å². The summed E-state index contributed by atoms with van der Waals surface area (Å²) in [5.41, 5.74) is 0.246. The standard InChI is InChI=1S/C22H23F2N5O4/c1-4-16(30)26-13-10-25-28-21(13)20-11-6-5-7-22(31,9-12(11)27-29-20)17-18(23)14(32-2)8-15(33-3)19(17)24/h4,8,10,31H,1,5-7,9H2,2-3H3,(H,25,28)(H,26,30)(H,27,29)/t22-/m1/s1. The van der Waals surface area contributed by atoms with Gasteiger partial charge < -0.3 is 19.9 Å². The third-order valence-electron chi connectivity index (χ3n) is 5.80. The van der Waals surface area contributed by atoms with E-state index in [-0.39, 0.29) is 24.3 Å². The maximum atomic E-state index is 15.2. The van der Waals surface area contributed by atoms with E-state index in [1.165, 1.54) is 20.4 Å². The van der Waals surface area contributed by atoms with Crippen LogP contribution in [-0.2, 0) is 23.2 Å². The number of rotatable bonds is 6. The van der Waals surface area contributed by atoms with Crippen LogP contribution in [0.3, 0.4) is 0 Å². The molecule has 0 unspecified atom stereocenters. The highest BCUT2D eigenvalue weighted by Crippen LogP contribution is 2.44. The predicted molar refractivity (Wildman–Crippen MR) is 115 cm³/mol. The van der Waals surface area contributed by atoms with Gasteiger partial charge in [-0.15, -0.1) is 0 Å². The zero-order valence-corrected chi connectivity index (χ0v) is 18.1. The number of carbonyl (C=O) groups is 1. The summed E-state index contributed by atoms with van der Waals surface area (Å²) in [6.45, 7) is 3.43. The van der Waals surface area contributed by atoms with E-state index >= 15 is 8.78 Å². The molecule has 2 aromatic heterocycles. The number of fused-ring (bicyclic) bond motifs is 1. The van der Waals surface area contributed by atoms with Crippen LogP contribution in [0.2, 0.25) is 0 Å². The number of benzene rings is 1. The summed E-state index contributed by atoms with van der Waals surface area (Å²) in [5, 5.41) is 28.1. The van der Waals surface area contributed by atoms with Crippen molar-refractivity contribution >= 4 is 11.6 Å². The van der Waals surface area contributed by atoms with E-state index in [9.17, 15) is 9.90 Å². The SMILES string of the molecule is C=CC(=O)Nc1cn[nH]c1-c1n[nH]c2c1CCC[C@](O)(c1c(F)c(OC)cc(OC)c1F)C2. The lowest BCUT2D eigenvalue weighted by Crippen LogP contribution is -2.31. The van der Waals surface area contributed by atoms with Crippen molar-refractivity contribution in [2.24, 2.45) is 0 Å². The smallest absolute Gasteiger partial charge is 0.247 e. The van der Waals surface area contributed by atoms with E-state index in [0.29, 0.717) is 35.6 Å². The molecule has 0 saturated heterocycles. The average Bonchev–Trinajstić information content (AvgIpc) is 3.36. The highest BCUT2D eigenvalue weighted by atomic mass is 19.1. The number of halogens is 2. The second-order valence-electron chi connectivity index (χ2n) is 7.73. The van der Waals surface area contributed by atoms with Crippen LogP contribution in [0, 0.1) is 11.6 Å². The minimum absolute atomic E-state index is 0.0855. The number of anilines is 1. The molecule has 1 aliphatic rings. The molecular weight excluding hydrogens is 436 g/mol. The number of methoxy groups -OCH3 is 2. The van der Waals surface area contributed by atoms with Gasteiger partial charge in [-0.25, -0.2) is 8.78 Å². The lowest BCUT2D eigenvalue weighted by Gasteiger charge is -2.29. The fourth-order valence-corrected chi connectivity index (χ4v) is 4.21. The number of ether oxygens (including phenoxy) is 2. The molecular formula is C22H23F2N5O4.